The number of hydrogen-bond acceptors (Lipinski definition) is 7. The van der Waals surface area contributed by atoms with Gasteiger partial charge in [-0.3, -0.25) is 10.1 Å². The maximum Gasteiger partial charge on any atom is 0.331 e. The minimum Gasteiger partial charge on any atom is -0.494 e. The van der Waals surface area contributed by atoms with Gasteiger partial charge in [0.05, 0.1) is 16.8 Å². The van der Waals surface area contributed by atoms with Crippen LogP contribution in [0.2, 0.25) is 0 Å². The molecule has 2 heterocycles. The zero-order chi connectivity index (χ0) is 18.4. The molecule has 134 valence electrons. The Balaban J connectivity index is 1.52. The number of esters is 1. The van der Waals surface area contributed by atoms with Crippen LogP contribution in [0.3, 0.4) is 0 Å². The normalized spacial score (nSPS) is 11.0. The van der Waals surface area contributed by atoms with E-state index < -0.39 is 11.9 Å². The number of ether oxygens (including phenoxy) is 2. The number of carbonyl (C=O) groups is 2. The van der Waals surface area contributed by atoms with E-state index >= 15 is 0 Å². The van der Waals surface area contributed by atoms with Crippen LogP contribution in [0.1, 0.15) is 11.8 Å². The lowest BCUT2D eigenvalue weighted by atomic mass is 10.3. The van der Waals surface area contributed by atoms with Crippen molar-refractivity contribution in [2.24, 2.45) is 0 Å². The molecule has 2 aromatic heterocycles. The number of hydrogen-bond donors (Lipinski definition) is 1. The number of nitrogens with zero attached hydrogens (tertiary/aromatic N) is 1. The summed E-state index contributed by atoms with van der Waals surface area (Å²) in [5, 5.41) is 4.99. The van der Waals surface area contributed by atoms with E-state index in [1.165, 1.54) is 28.7 Å². The van der Waals surface area contributed by atoms with E-state index in [0.29, 0.717) is 11.7 Å². The van der Waals surface area contributed by atoms with Gasteiger partial charge in [0.1, 0.15) is 5.75 Å². The number of carbonyl (C=O) groups excluding carboxylic acids is 2. The molecule has 1 aromatic carbocycles. The van der Waals surface area contributed by atoms with Gasteiger partial charge in [-0.2, -0.15) is 0 Å². The second-order valence-corrected chi connectivity index (χ2v) is 7.10. The molecule has 6 nitrogen and oxygen atoms in total. The van der Waals surface area contributed by atoms with Gasteiger partial charge in [-0.05, 0) is 42.6 Å². The van der Waals surface area contributed by atoms with E-state index in [2.05, 4.69) is 10.3 Å². The molecule has 0 aliphatic rings. The SMILES string of the molecule is CCOc1ccc2nc(NC(=O)COC(=O)/C=C/c3cccs3)sc2c1. The molecule has 0 aliphatic heterocycles. The molecule has 0 aliphatic carbocycles. The van der Waals surface area contributed by atoms with Crippen LogP contribution in [0.4, 0.5) is 5.13 Å². The molecule has 3 aromatic rings. The van der Waals surface area contributed by atoms with Crippen molar-refractivity contribution >= 4 is 56.0 Å². The molecule has 0 radical (unpaired) electrons. The quantitative estimate of drug-likeness (QED) is 0.490. The standard InChI is InChI=1S/C18H16N2O4S2/c1-2-23-12-5-7-14-15(10-12)26-18(19-14)20-16(21)11-24-17(22)8-6-13-4-3-9-25-13/h3-10H,2,11H2,1H3,(H,19,20,21)/b8-6+. The summed E-state index contributed by atoms with van der Waals surface area (Å²) < 4.78 is 11.3. The van der Waals surface area contributed by atoms with Gasteiger partial charge >= 0.3 is 5.97 Å². The van der Waals surface area contributed by atoms with Gasteiger partial charge in [-0.15, -0.1) is 11.3 Å². The zero-order valence-corrected chi connectivity index (χ0v) is 15.6. The van der Waals surface area contributed by atoms with Crippen LogP contribution < -0.4 is 10.1 Å². The molecule has 0 fully saturated rings. The van der Waals surface area contributed by atoms with E-state index in [1.807, 2.05) is 42.6 Å². The van der Waals surface area contributed by atoms with E-state index in [9.17, 15) is 9.59 Å². The van der Waals surface area contributed by atoms with Gasteiger partial charge in [0, 0.05) is 11.0 Å². The third-order valence-electron chi connectivity index (χ3n) is 3.19. The molecule has 8 heteroatoms. The Hall–Kier alpha value is -2.71. The largest absolute Gasteiger partial charge is 0.494 e. The van der Waals surface area contributed by atoms with Crippen LogP contribution in [-0.2, 0) is 14.3 Å². The van der Waals surface area contributed by atoms with Crippen LogP contribution in [0.25, 0.3) is 16.3 Å². The average Bonchev–Trinajstić information content (AvgIpc) is 3.27. The zero-order valence-electron chi connectivity index (χ0n) is 13.9. The number of fused-ring (bicyclic) bond motifs is 1. The van der Waals surface area contributed by atoms with Crippen molar-refractivity contribution in [1.29, 1.82) is 0 Å². The van der Waals surface area contributed by atoms with Crippen LogP contribution in [0.15, 0.2) is 41.8 Å². The molecule has 3 rings (SSSR count). The van der Waals surface area contributed by atoms with Crippen LogP contribution in [0.5, 0.6) is 5.75 Å². The highest BCUT2D eigenvalue weighted by atomic mass is 32.1. The smallest absolute Gasteiger partial charge is 0.331 e. The van der Waals surface area contributed by atoms with Gasteiger partial charge in [0.2, 0.25) is 0 Å². The van der Waals surface area contributed by atoms with Crippen molar-refractivity contribution in [1.82, 2.24) is 4.98 Å². The molecule has 0 unspecified atom stereocenters. The Kier molecular flexibility index (Phi) is 5.98. The number of nitrogens with one attached hydrogen (secondary N) is 1. The molecule has 0 saturated heterocycles. The molecular formula is C18H16N2O4S2. The summed E-state index contributed by atoms with van der Waals surface area (Å²) in [6.07, 6.45) is 2.94. The topological polar surface area (TPSA) is 77.5 Å². The molecule has 0 atom stereocenters. The van der Waals surface area contributed by atoms with Crippen LogP contribution in [0, 0.1) is 0 Å². The highest BCUT2D eigenvalue weighted by molar-refractivity contribution is 7.22. The third kappa shape index (κ3) is 4.90. The molecule has 26 heavy (non-hydrogen) atoms. The summed E-state index contributed by atoms with van der Waals surface area (Å²) in [7, 11) is 0. The van der Waals surface area contributed by atoms with Crippen molar-refractivity contribution in [3.05, 3.63) is 46.7 Å². The maximum absolute atomic E-state index is 11.9. The molecule has 0 bridgehead atoms. The van der Waals surface area contributed by atoms with E-state index in [1.54, 1.807) is 6.08 Å². The number of amides is 1. The fourth-order valence-corrected chi connectivity index (χ4v) is 3.62. The fourth-order valence-electron chi connectivity index (χ4n) is 2.09. The van der Waals surface area contributed by atoms with Gasteiger partial charge in [0.25, 0.3) is 5.91 Å². The number of aromatic nitrogens is 1. The number of benzene rings is 1. The Morgan fingerprint density at radius 3 is 2.96 bits per heavy atom. The Morgan fingerprint density at radius 2 is 2.19 bits per heavy atom. The van der Waals surface area contributed by atoms with Gasteiger partial charge in [-0.25, -0.2) is 9.78 Å². The summed E-state index contributed by atoms with van der Waals surface area (Å²) in [5.74, 6) is -0.251. The molecule has 1 amide bonds. The number of rotatable bonds is 7. The highest BCUT2D eigenvalue weighted by Crippen LogP contribution is 2.29. The minimum atomic E-state index is -0.570. The van der Waals surface area contributed by atoms with Crippen molar-refractivity contribution < 1.29 is 19.1 Å². The first-order valence-corrected chi connectivity index (χ1v) is 9.55. The van der Waals surface area contributed by atoms with Gasteiger partial charge in [0.15, 0.2) is 11.7 Å². The van der Waals surface area contributed by atoms with E-state index in [0.717, 1.165) is 20.8 Å². The predicted molar refractivity (Wildman–Crippen MR) is 104 cm³/mol. The van der Waals surface area contributed by atoms with Gasteiger partial charge in [-0.1, -0.05) is 17.4 Å². The summed E-state index contributed by atoms with van der Waals surface area (Å²) >= 11 is 2.84. The fraction of sp³-hybridized carbons (Fsp3) is 0.167. The van der Waals surface area contributed by atoms with Crippen molar-refractivity contribution in [3.63, 3.8) is 0 Å². The van der Waals surface area contributed by atoms with Crippen molar-refractivity contribution in [2.45, 2.75) is 6.92 Å². The van der Waals surface area contributed by atoms with E-state index in [4.69, 9.17) is 9.47 Å². The number of anilines is 1. The minimum absolute atomic E-state index is 0.367. The Labute approximate surface area is 158 Å². The second kappa shape index (κ2) is 8.59. The summed E-state index contributed by atoms with van der Waals surface area (Å²) in [4.78, 5) is 28.8. The Morgan fingerprint density at radius 1 is 1.31 bits per heavy atom. The van der Waals surface area contributed by atoms with Crippen LogP contribution in [-0.4, -0.2) is 30.1 Å². The second-order valence-electron chi connectivity index (χ2n) is 5.09. The molecule has 1 N–H and O–H groups in total. The summed E-state index contributed by atoms with van der Waals surface area (Å²) in [5.41, 5.74) is 0.768. The molecule has 0 saturated carbocycles. The average molecular weight is 388 g/mol. The summed E-state index contributed by atoms with van der Waals surface area (Å²) in [6.45, 7) is 2.13. The first-order chi connectivity index (χ1) is 12.6. The monoisotopic (exact) mass is 388 g/mol. The highest BCUT2D eigenvalue weighted by Gasteiger charge is 2.10. The number of thiazole rings is 1. The third-order valence-corrected chi connectivity index (χ3v) is 4.96. The lowest BCUT2D eigenvalue weighted by Gasteiger charge is -2.01. The lowest BCUT2D eigenvalue weighted by Crippen LogP contribution is -2.19. The number of thiophene rings is 1. The predicted octanol–water partition coefficient (Wildman–Crippen LogP) is 3.95. The first kappa shape index (κ1) is 18.1. The summed E-state index contributed by atoms with van der Waals surface area (Å²) in [6, 6.07) is 9.31. The van der Waals surface area contributed by atoms with Crippen molar-refractivity contribution in [2.75, 3.05) is 18.5 Å². The first-order valence-electron chi connectivity index (χ1n) is 7.85. The lowest BCUT2D eigenvalue weighted by molar-refractivity contribution is -0.142. The maximum atomic E-state index is 11.9. The van der Waals surface area contributed by atoms with Gasteiger partial charge < -0.3 is 9.47 Å². The Bertz CT molecular complexity index is 932. The molecular weight excluding hydrogens is 372 g/mol. The van der Waals surface area contributed by atoms with Crippen molar-refractivity contribution in [3.8, 4) is 5.75 Å². The van der Waals surface area contributed by atoms with Crippen LogP contribution >= 0.6 is 22.7 Å². The molecule has 0 spiro atoms. The van der Waals surface area contributed by atoms with E-state index in [-0.39, 0.29) is 6.61 Å².